The highest BCUT2D eigenvalue weighted by Crippen LogP contribution is 2.55. The molecule has 1 N–H and O–H groups in total. The molecule has 0 radical (unpaired) electrons. The number of carboxylic acid groups (broad SMARTS) is 1. The van der Waals surface area contributed by atoms with E-state index in [2.05, 4.69) is 20.8 Å². The number of hydrogen-bond acceptors (Lipinski definition) is 1. The molecule has 2 nitrogen and oxygen atoms in total. The van der Waals surface area contributed by atoms with Crippen molar-refractivity contribution in [3.63, 3.8) is 0 Å². The second-order valence-electron chi connectivity index (χ2n) is 4.95. The maximum Gasteiger partial charge on any atom is 0.303 e. The fourth-order valence-electron chi connectivity index (χ4n) is 2.08. The summed E-state index contributed by atoms with van der Waals surface area (Å²) >= 11 is 0. The summed E-state index contributed by atoms with van der Waals surface area (Å²) in [5.74, 6) is -0.648. The lowest BCUT2D eigenvalue weighted by Crippen LogP contribution is -2.43. The number of aliphatic carboxylic acids is 1. The summed E-state index contributed by atoms with van der Waals surface area (Å²) in [6, 6.07) is 0. The molecule has 0 aliphatic heterocycles. The van der Waals surface area contributed by atoms with Gasteiger partial charge in [-0.2, -0.15) is 0 Å². The zero-order chi connectivity index (χ0) is 9.41. The molecule has 0 unspecified atom stereocenters. The van der Waals surface area contributed by atoms with E-state index in [4.69, 9.17) is 5.11 Å². The topological polar surface area (TPSA) is 37.3 Å². The van der Waals surface area contributed by atoms with E-state index in [0.29, 0.717) is 6.42 Å². The number of carboxylic acids is 1. The van der Waals surface area contributed by atoms with E-state index in [-0.39, 0.29) is 10.8 Å². The van der Waals surface area contributed by atoms with Crippen LogP contribution in [-0.4, -0.2) is 11.1 Å². The lowest BCUT2D eigenvalue weighted by Gasteiger charge is -2.51. The predicted molar refractivity (Wildman–Crippen MR) is 48.0 cm³/mol. The molecule has 70 valence electrons. The lowest BCUT2D eigenvalue weighted by atomic mass is 9.53. The summed E-state index contributed by atoms with van der Waals surface area (Å²) in [6.07, 6.45) is 3.71. The Hall–Kier alpha value is -0.530. The molecule has 0 aromatic rings. The third-order valence-electron chi connectivity index (χ3n) is 3.39. The summed E-state index contributed by atoms with van der Waals surface area (Å²) in [4.78, 5) is 10.7. The molecule has 1 saturated carbocycles. The van der Waals surface area contributed by atoms with Crippen molar-refractivity contribution in [1.29, 1.82) is 0 Å². The summed E-state index contributed by atoms with van der Waals surface area (Å²) in [5.41, 5.74) is 0.225. The Morgan fingerprint density at radius 1 is 1.42 bits per heavy atom. The van der Waals surface area contributed by atoms with E-state index < -0.39 is 5.97 Å². The Morgan fingerprint density at radius 3 is 2.00 bits per heavy atom. The van der Waals surface area contributed by atoms with Crippen LogP contribution in [0.25, 0.3) is 0 Å². The van der Waals surface area contributed by atoms with Gasteiger partial charge in [-0.3, -0.25) is 4.79 Å². The third-order valence-corrected chi connectivity index (χ3v) is 3.39. The van der Waals surface area contributed by atoms with Crippen molar-refractivity contribution in [2.75, 3.05) is 0 Å². The van der Waals surface area contributed by atoms with Crippen LogP contribution in [0.5, 0.6) is 0 Å². The van der Waals surface area contributed by atoms with Crippen molar-refractivity contribution in [2.45, 2.75) is 46.5 Å². The van der Waals surface area contributed by atoms with Crippen LogP contribution in [-0.2, 0) is 4.79 Å². The van der Waals surface area contributed by atoms with Crippen LogP contribution in [0.1, 0.15) is 46.5 Å². The average molecular weight is 170 g/mol. The molecule has 0 saturated heterocycles. The smallest absolute Gasteiger partial charge is 0.303 e. The lowest BCUT2D eigenvalue weighted by molar-refractivity contribution is -0.145. The SMILES string of the molecule is CC(C)(C)C1(CC(=O)O)CCC1. The molecule has 2 heteroatoms. The Kier molecular flexibility index (Phi) is 2.19. The minimum absolute atomic E-state index is 0.0822. The van der Waals surface area contributed by atoms with E-state index in [1.165, 1.54) is 6.42 Å². The maximum absolute atomic E-state index is 10.7. The van der Waals surface area contributed by atoms with E-state index in [0.717, 1.165) is 12.8 Å². The second-order valence-corrected chi connectivity index (χ2v) is 4.95. The third kappa shape index (κ3) is 1.47. The highest BCUT2D eigenvalue weighted by atomic mass is 16.4. The Bertz CT molecular complexity index is 185. The molecule has 0 atom stereocenters. The molecule has 1 fully saturated rings. The first-order valence-electron chi connectivity index (χ1n) is 4.59. The van der Waals surface area contributed by atoms with Crippen LogP contribution in [0.4, 0.5) is 0 Å². The van der Waals surface area contributed by atoms with Crippen LogP contribution in [0.15, 0.2) is 0 Å². The van der Waals surface area contributed by atoms with Crippen molar-refractivity contribution >= 4 is 5.97 Å². The van der Waals surface area contributed by atoms with Gasteiger partial charge in [0.2, 0.25) is 0 Å². The molecular weight excluding hydrogens is 152 g/mol. The Labute approximate surface area is 74.0 Å². The highest BCUT2D eigenvalue weighted by molar-refractivity contribution is 5.68. The molecule has 0 bridgehead atoms. The summed E-state index contributed by atoms with van der Waals surface area (Å²) in [6.45, 7) is 6.44. The molecule has 12 heavy (non-hydrogen) atoms. The molecule has 0 spiro atoms. The quantitative estimate of drug-likeness (QED) is 0.691. The first-order valence-corrected chi connectivity index (χ1v) is 4.59. The molecule has 1 aliphatic rings. The summed E-state index contributed by atoms with van der Waals surface area (Å²) in [5, 5.41) is 8.78. The molecule has 0 aromatic heterocycles. The van der Waals surface area contributed by atoms with Crippen molar-refractivity contribution in [3.05, 3.63) is 0 Å². The van der Waals surface area contributed by atoms with E-state index >= 15 is 0 Å². The van der Waals surface area contributed by atoms with Crippen molar-refractivity contribution < 1.29 is 9.90 Å². The summed E-state index contributed by atoms with van der Waals surface area (Å²) in [7, 11) is 0. The standard InChI is InChI=1S/C10H18O2/c1-9(2,3)10(5-4-6-10)7-8(11)12/h4-7H2,1-3H3,(H,11,12). The zero-order valence-corrected chi connectivity index (χ0v) is 8.18. The molecule has 1 aliphatic carbocycles. The van der Waals surface area contributed by atoms with Crippen LogP contribution in [0.3, 0.4) is 0 Å². The minimum atomic E-state index is -0.648. The van der Waals surface area contributed by atoms with Gasteiger partial charge in [-0.05, 0) is 23.7 Å². The van der Waals surface area contributed by atoms with Crippen molar-refractivity contribution in [3.8, 4) is 0 Å². The summed E-state index contributed by atoms with van der Waals surface area (Å²) < 4.78 is 0. The van der Waals surface area contributed by atoms with Crippen LogP contribution < -0.4 is 0 Å². The zero-order valence-electron chi connectivity index (χ0n) is 8.18. The second kappa shape index (κ2) is 2.75. The van der Waals surface area contributed by atoms with Crippen LogP contribution in [0, 0.1) is 10.8 Å². The van der Waals surface area contributed by atoms with Gasteiger partial charge in [-0.25, -0.2) is 0 Å². The molecule has 1 rings (SSSR count). The van der Waals surface area contributed by atoms with Gasteiger partial charge in [0.25, 0.3) is 0 Å². The first kappa shape index (κ1) is 9.56. The normalized spacial score (nSPS) is 21.6. The van der Waals surface area contributed by atoms with Crippen molar-refractivity contribution in [1.82, 2.24) is 0 Å². The van der Waals surface area contributed by atoms with Crippen molar-refractivity contribution in [2.24, 2.45) is 10.8 Å². The molecule has 0 amide bonds. The number of carbonyl (C=O) groups is 1. The minimum Gasteiger partial charge on any atom is -0.481 e. The van der Waals surface area contributed by atoms with Gasteiger partial charge in [0, 0.05) is 0 Å². The van der Waals surface area contributed by atoms with E-state index in [1.54, 1.807) is 0 Å². The molecular formula is C10H18O2. The van der Waals surface area contributed by atoms with E-state index in [1.807, 2.05) is 0 Å². The maximum atomic E-state index is 10.7. The Balaban J connectivity index is 2.70. The van der Waals surface area contributed by atoms with Gasteiger partial charge in [0.05, 0.1) is 6.42 Å². The first-order chi connectivity index (χ1) is 5.37. The van der Waals surface area contributed by atoms with Gasteiger partial charge in [0.15, 0.2) is 0 Å². The fourth-order valence-corrected chi connectivity index (χ4v) is 2.08. The molecule has 0 aromatic carbocycles. The number of hydrogen-bond donors (Lipinski definition) is 1. The largest absolute Gasteiger partial charge is 0.481 e. The Morgan fingerprint density at radius 2 is 1.92 bits per heavy atom. The van der Waals surface area contributed by atoms with Gasteiger partial charge >= 0.3 is 5.97 Å². The number of rotatable bonds is 2. The average Bonchev–Trinajstić information content (AvgIpc) is 1.74. The van der Waals surface area contributed by atoms with E-state index in [9.17, 15) is 4.79 Å². The van der Waals surface area contributed by atoms with Gasteiger partial charge < -0.3 is 5.11 Å². The van der Waals surface area contributed by atoms with Gasteiger partial charge in [-0.1, -0.05) is 27.2 Å². The van der Waals surface area contributed by atoms with Crippen LogP contribution in [0.2, 0.25) is 0 Å². The van der Waals surface area contributed by atoms with Crippen LogP contribution >= 0.6 is 0 Å². The van der Waals surface area contributed by atoms with Gasteiger partial charge in [0.1, 0.15) is 0 Å². The monoisotopic (exact) mass is 170 g/mol. The van der Waals surface area contributed by atoms with Gasteiger partial charge in [-0.15, -0.1) is 0 Å². The predicted octanol–water partition coefficient (Wildman–Crippen LogP) is 2.68. The fraction of sp³-hybridized carbons (Fsp3) is 0.900. The highest BCUT2D eigenvalue weighted by Gasteiger charge is 2.47. The molecule has 0 heterocycles.